The van der Waals surface area contributed by atoms with Crippen LogP contribution in [0, 0.1) is 0 Å². The van der Waals surface area contributed by atoms with Crippen molar-refractivity contribution in [3.05, 3.63) is 35.4 Å². The second-order valence-corrected chi connectivity index (χ2v) is 5.99. The van der Waals surface area contributed by atoms with Crippen molar-refractivity contribution in [1.82, 2.24) is 10.2 Å². The molecule has 0 radical (unpaired) electrons. The predicted molar refractivity (Wildman–Crippen MR) is 76.0 cm³/mol. The molecule has 2 saturated heterocycles. The third-order valence-corrected chi connectivity index (χ3v) is 4.60. The number of rotatable bonds is 2. The predicted octanol–water partition coefficient (Wildman–Crippen LogP) is 2.95. The summed E-state index contributed by atoms with van der Waals surface area (Å²) in [6.45, 7) is 0.859. The van der Waals surface area contributed by atoms with E-state index < -0.39 is 11.7 Å². The summed E-state index contributed by atoms with van der Waals surface area (Å²) >= 11 is 0. The van der Waals surface area contributed by atoms with Gasteiger partial charge in [-0.15, -0.1) is 0 Å². The lowest BCUT2D eigenvalue weighted by Crippen LogP contribution is -2.44. The fraction of sp³-hybridized carbons (Fsp3) is 0.562. The van der Waals surface area contributed by atoms with Crippen molar-refractivity contribution in [2.45, 2.75) is 50.5 Å². The molecule has 1 aromatic rings. The highest BCUT2D eigenvalue weighted by molar-refractivity contribution is 5.77. The van der Waals surface area contributed by atoms with Gasteiger partial charge in [-0.1, -0.05) is 18.2 Å². The van der Waals surface area contributed by atoms with Gasteiger partial charge in [0.2, 0.25) is 5.91 Å². The molecule has 2 heterocycles. The Balaban J connectivity index is 1.89. The number of benzene rings is 1. The van der Waals surface area contributed by atoms with Crippen molar-refractivity contribution < 1.29 is 18.0 Å². The lowest BCUT2D eigenvalue weighted by atomic mass is 10.0. The van der Waals surface area contributed by atoms with Crippen molar-refractivity contribution in [1.29, 1.82) is 0 Å². The first-order valence-corrected chi connectivity index (χ1v) is 7.65. The molecule has 0 saturated carbocycles. The molecule has 3 rings (SSSR count). The molecule has 0 bridgehead atoms. The van der Waals surface area contributed by atoms with E-state index in [1.54, 1.807) is 11.0 Å². The normalized spacial score (nSPS) is 26.0. The fourth-order valence-corrected chi connectivity index (χ4v) is 3.55. The molecule has 2 unspecified atom stereocenters. The summed E-state index contributed by atoms with van der Waals surface area (Å²) in [6.07, 6.45) is -1.45. The van der Waals surface area contributed by atoms with Crippen LogP contribution in [0.15, 0.2) is 24.3 Å². The third-order valence-electron chi connectivity index (χ3n) is 4.60. The van der Waals surface area contributed by atoms with Crippen LogP contribution in [0.3, 0.4) is 0 Å². The van der Waals surface area contributed by atoms with Crippen molar-refractivity contribution in [3.8, 4) is 0 Å². The van der Waals surface area contributed by atoms with Crippen LogP contribution in [0.1, 0.15) is 36.8 Å². The van der Waals surface area contributed by atoms with Crippen LogP contribution < -0.4 is 5.32 Å². The average Bonchev–Trinajstić information content (AvgIpc) is 2.87. The number of likely N-dealkylation sites (tertiary alicyclic amines) is 1. The monoisotopic (exact) mass is 312 g/mol. The molecule has 2 atom stereocenters. The van der Waals surface area contributed by atoms with E-state index in [2.05, 4.69) is 5.32 Å². The maximum absolute atomic E-state index is 13.1. The molecular weight excluding hydrogens is 293 g/mol. The number of amides is 1. The fourth-order valence-electron chi connectivity index (χ4n) is 3.55. The van der Waals surface area contributed by atoms with Gasteiger partial charge in [0.25, 0.3) is 0 Å². The molecule has 2 aliphatic heterocycles. The highest BCUT2D eigenvalue weighted by atomic mass is 19.4. The zero-order chi connectivity index (χ0) is 15.7. The molecule has 2 fully saturated rings. The van der Waals surface area contributed by atoms with Gasteiger partial charge in [-0.05, 0) is 37.4 Å². The summed E-state index contributed by atoms with van der Waals surface area (Å²) in [5, 5.41) is 3.36. The number of hydrogen-bond acceptors (Lipinski definition) is 2. The van der Waals surface area contributed by atoms with Gasteiger partial charge in [-0.25, -0.2) is 0 Å². The van der Waals surface area contributed by atoms with E-state index in [9.17, 15) is 18.0 Å². The van der Waals surface area contributed by atoms with Gasteiger partial charge < -0.3 is 10.2 Å². The highest BCUT2D eigenvalue weighted by Crippen LogP contribution is 2.34. The number of fused-ring (bicyclic) bond motifs is 1. The average molecular weight is 312 g/mol. The third kappa shape index (κ3) is 2.97. The lowest BCUT2D eigenvalue weighted by Gasteiger charge is -2.31. The van der Waals surface area contributed by atoms with E-state index in [0.29, 0.717) is 6.42 Å². The van der Waals surface area contributed by atoms with Crippen LogP contribution >= 0.6 is 0 Å². The van der Waals surface area contributed by atoms with Crippen LogP contribution in [0.4, 0.5) is 13.2 Å². The Hall–Kier alpha value is -1.56. The standard InChI is InChI=1S/C16H19F3N2O/c17-16(18,19)12-5-2-1-4-11(12)10-21-14-8-9-20-13(14)6-3-7-15(21)22/h1-2,4-5,13-14,20H,3,6-10H2. The quantitative estimate of drug-likeness (QED) is 0.910. The van der Waals surface area contributed by atoms with E-state index in [0.717, 1.165) is 31.9 Å². The van der Waals surface area contributed by atoms with Crippen LogP contribution in [0.2, 0.25) is 0 Å². The Kier molecular flexibility index (Phi) is 4.12. The molecule has 22 heavy (non-hydrogen) atoms. The maximum atomic E-state index is 13.1. The van der Waals surface area contributed by atoms with Crippen LogP contribution in [-0.2, 0) is 17.5 Å². The minimum absolute atomic E-state index is 0.0105. The molecule has 0 spiro atoms. The smallest absolute Gasteiger partial charge is 0.334 e. The van der Waals surface area contributed by atoms with Gasteiger partial charge in [0, 0.05) is 25.0 Å². The number of nitrogens with zero attached hydrogens (tertiary/aromatic N) is 1. The zero-order valence-corrected chi connectivity index (χ0v) is 12.2. The molecule has 0 aliphatic carbocycles. The zero-order valence-electron chi connectivity index (χ0n) is 12.2. The van der Waals surface area contributed by atoms with Crippen LogP contribution in [0.25, 0.3) is 0 Å². The topological polar surface area (TPSA) is 32.3 Å². The Morgan fingerprint density at radius 2 is 2.00 bits per heavy atom. The van der Waals surface area contributed by atoms with E-state index in [-0.39, 0.29) is 30.1 Å². The summed E-state index contributed by atoms with van der Waals surface area (Å²) < 4.78 is 39.4. The van der Waals surface area contributed by atoms with Crippen molar-refractivity contribution in [2.24, 2.45) is 0 Å². The number of halogens is 3. The first-order valence-electron chi connectivity index (χ1n) is 7.65. The molecule has 1 amide bonds. The lowest BCUT2D eigenvalue weighted by molar-refractivity contribution is -0.140. The Labute approximate surface area is 127 Å². The van der Waals surface area contributed by atoms with Gasteiger partial charge in [-0.3, -0.25) is 4.79 Å². The number of carbonyl (C=O) groups is 1. The SMILES string of the molecule is O=C1CCCC2NCCC2N1Cc1ccccc1C(F)(F)F. The molecule has 0 aromatic heterocycles. The van der Waals surface area contributed by atoms with E-state index in [1.165, 1.54) is 12.1 Å². The van der Waals surface area contributed by atoms with E-state index in [4.69, 9.17) is 0 Å². The van der Waals surface area contributed by atoms with Crippen molar-refractivity contribution in [3.63, 3.8) is 0 Å². The largest absolute Gasteiger partial charge is 0.416 e. The molecule has 2 aliphatic rings. The van der Waals surface area contributed by atoms with Gasteiger partial charge in [0.15, 0.2) is 0 Å². The molecule has 120 valence electrons. The minimum Gasteiger partial charge on any atom is -0.334 e. The molecular formula is C16H19F3N2O. The Morgan fingerprint density at radius 3 is 2.77 bits per heavy atom. The van der Waals surface area contributed by atoms with Gasteiger partial charge in [0.1, 0.15) is 0 Å². The number of carbonyl (C=O) groups excluding carboxylic acids is 1. The van der Waals surface area contributed by atoms with Gasteiger partial charge >= 0.3 is 6.18 Å². The number of nitrogens with one attached hydrogen (secondary N) is 1. The van der Waals surface area contributed by atoms with E-state index >= 15 is 0 Å². The van der Waals surface area contributed by atoms with E-state index in [1.807, 2.05) is 0 Å². The van der Waals surface area contributed by atoms with Crippen LogP contribution in [0.5, 0.6) is 0 Å². The second-order valence-electron chi connectivity index (χ2n) is 5.99. The Morgan fingerprint density at radius 1 is 1.23 bits per heavy atom. The molecule has 3 nitrogen and oxygen atoms in total. The summed E-state index contributed by atoms with van der Waals surface area (Å²) in [5.74, 6) is -0.0341. The first kappa shape index (κ1) is 15.3. The van der Waals surface area contributed by atoms with Gasteiger partial charge in [0.05, 0.1) is 5.56 Å². The summed E-state index contributed by atoms with van der Waals surface area (Å²) in [5.41, 5.74) is -0.467. The number of hydrogen-bond donors (Lipinski definition) is 1. The first-order chi connectivity index (χ1) is 10.5. The summed E-state index contributed by atoms with van der Waals surface area (Å²) in [6, 6.07) is 5.76. The molecule has 1 N–H and O–H groups in total. The highest BCUT2D eigenvalue weighted by Gasteiger charge is 2.38. The van der Waals surface area contributed by atoms with Crippen molar-refractivity contribution in [2.75, 3.05) is 6.54 Å². The minimum atomic E-state index is -4.39. The molecule has 1 aromatic carbocycles. The summed E-state index contributed by atoms with van der Waals surface area (Å²) in [4.78, 5) is 14.0. The van der Waals surface area contributed by atoms with Crippen LogP contribution in [-0.4, -0.2) is 29.4 Å². The second kappa shape index (κ2) is 5.91. The van der Waals surface area contributed by atoms with Gasteiger partial charge in [-0.2, -0.15) is 13.2 Å². The summed E-state index contributed by atoms with van der Waals surface area (Å²) in [7, 11) is 0. The number of alkyl halides is 3. The maximum Gasteiger partial charge on any atom is 0.416 e. The van der Waals surface area contributed by atoms with Crippen molar-refractivity contribution >= 4 is 5.91 Å². The Bertz CT molecular complexity index is 559. The molecule has 6 heteroatoms.